The second-order valence-corrected chi connectivity index (χ2v) is 4.95. The molecule has 0 spiro atoms. The number of anilines is 1. The minimum absolute atomic E-state index is 0. The predicted octanol–water partition coefficient (Wildman–Crippen LogP) is 2.95. The third-order valence-corrected chi connectivity index (χ3v) is 3.66. The van der Waals surface area contributed by atoms with Gasteiger partial charge in [0, 0.05) is 11.6 Å². The van der Waals surface area contributed by atoms with Crippen LogP contribution < -0.4 is 11.1 Å². The summed E-state index contributed by atoms with van der Waals surface area (Å²) in [6, 6.07) is 5.86. The van der Waals surface area contributed by atoms with Crippen LogP contribution in [0.4, 0.5) is 10.1 Å². The van der Waals surface area contributed by atoms with E-state index in [0.29, 0.717) is 18.2 Å². The Hall–Kier alpha value is -1.13. The first-order valence-corrected chi connectivity index (χ1v) is 6.45. The van der Waals surface area contributed by atoms with Crippen molar-refractivity contribution in [3.05, 3.63) is 30.1 Å². The van der Waals surface area contributed by atoms with Crippen molar-refractivity contribution in [1.29, 1.82) is 0 Å². The molecule has 1 aromatic carbocycles. The number of rotatable bonds is 3. The molecule has 1 amide bonds. The zero-order chi connectivity index (χ0) is 13.0. The molecule has 0 unspecified atom stereocenters. The molecule has 19 heavy (non-hydrogen) atoms. The normalized spacial score (nSPS) is 22.4. The van der Waals surface area contributed by atoms with Gasteiger partial charge in [-0.25, -0.2) is 4.39 Å². The average molecular weight is 287 g/mol. The number of hydrogen-bond donors (Lipinski definition) is 2. The van der Waals surface area contributed by atoms with Crippen molar-refractivity contribution in [1.82, 2.24) is 0 Å². The van der Waals surface area contributed by atoms with Crippen molar-refractivity contribution in [2.45, 2.75) is 25.7 Å². The van der Waals surface area contributed by atoms with E-state index in [1.165, 1.54) is 12.1 Å². The summed E-state index contributed by atoms with van der Waals surface area (Å²) in [6.45, 7) is 0.715. The lowest BCUT2D eigenvalue weighted by Crippen LogP contribution is -2.29. The predicted molar refractivity (Wildman–Crippen MR) is 76.8 cm³/mol. The molecule has 0 saturated heterocycles. The molecule has 0 heterocycles. The molecule has 1 aromatic rings. The summed E-state index contributed by atoms with van der Waals surface area (Å²) in [5, 5.41) is 2.83. The van der Waals surface area contributed by atoms with E-state index in [1.54, 1.807) is 12.1 Å². The lowest BCUT2D eigenvalue weighted by molar-refractivity contribution is -0.121. The van der Waals surface area contributed by atoms with Gasteiger partial charge in [-0.1, -0.05) is 0 Å². The second-order valence-electron chi connectivity index (χ2n) is 4.95. The van der Waals surface area contributed by atoms with Crippen LogP contribution >= 0.6 is 12.4 Å². The fraction of sp³-hybridized carbons (Fsp3) is 0.500. The number of carbonyl (C=O) groups is 1. The van der Waals surface area contributed by atoms with Gasteiger partial charge in [0.2, 0.25) is 5.91 Å². The summed E-state index contributed by atoms with van der Waals surface area (Å²) in [6.07, 6.45) is 3.85. The van der Waals surface area contributed by atoms with Crippen LogP contribution in [0.25, 0.3) is 0 Å². The number of nitrogens with two attached hydrogens (primary N) is 1. The SMILES string of the molecule is Cl.NCC1CCC(C(=O)Nc2ccc(F)cc2)CC1. The molecule has 0 aromatic heterocycles. The first kappa shape index (κ1) is 15.9. The van der Waals surface area contributed by atoms with E-state index in [4.69, 9.17) is 5.73 Å². The van der Waals surface area contributed by atoms with Crippen LogP contribution in [0.15, 0.2) is 24.3 Å². The van der Waals surface area contributed by atoms with Gasteiger partial charge in [0.1, 0.15) is 5.82 Å². The number of benzene rings is 1. The molecule has 0 aliphatic heterocycles. The summed E-state index contributed by atoms with van der Waals surface area (Å²) >= 11 is 0. The van der Waals surface area contributed by atoms with Gasteiger partial charge < -0.3 is 11.1 Å². The number of halogens is 2. The molecule has 3 nitrogen and oxygen atoms in total. The fourth-order valence-corrected chi connectivity index (χ4v) is 2.44. The Morgan fingerprint density at radius 2 is 1.79 bits per heavy atom. The topological polar surface area (TPSA) is 55.1 Å². The zero-order valence-electron chi connectivity index (χ0n) is 10.8. The van der Waals surface area contributed by atoms with E-state index in [1.807, 2.05) is 0 Å². The Morgan fingerprint density at radius 3 is 2.32 bits per heavy atom. The van der Waals surface area contributed by atoms with Gasteiger partial charge in [0.05, 0.1) is 0 Å². The highest BCUT2D eigenvalue weighted by Gasteiger charge is 2.25. The van der Waals surface area contributed by atoms with Crippen molar-refractivity contribution in [2.75, 3.05) is 11.9 Å². The monoisotopic (exact) mass is 286 g/mol. The summed E-state index contributed by atoms with van der Waals surface area (Å²) in [4.78, 5) is 12.0. The van der Waals surface area contributed by atoms with Gasteiger partial charge >= 0.3 is 0 Å². The van der Waals surface area contributed by atoms with Crippen LogP contribution in [0.5, 0.6) is 0 Å². The molecule has 3 N–H and O–H groups in total. The van der Waals surface area contributed by atoms with E-state index in [9.17, 15) is 9.18 Å². The molecule has 1 fully saturated rings. The maximum absolute atomic E-state index is 12.7. The quantitative estimate of drug-likeness (QED) is 0.897. The average Bonchev–Trinajstić information content (AvgIpc) is 2.41. The van der Waals surface area contributed by atoms with Crippen LogP contribution in [-0.2, 0) is 4.79 Å². The maximum atomic E-state index is 12.7. The summed E-state index contributed by atoms with van der Waals surface area (Å²) in [7, 11) is 0. The molecule has 5 heteroatoms. The number of amides is 1. The van der Waals surface area contributed by atoms with Crippen LogP contribution in [0.2, 0.25) is 0 Å². The van der Waals surface area contributed by atoms with Crippen LogP contribution in [0.1, 0.15) is 25.7 Å². The Morgan fingerprint density at radius 1 is 1.21 bits per heavy atom. The fourth-order valence-electron chi connectivity index (χ4n) is 2.44. The number of nitrogens with one attached hydrogen (secondary N) is 1. The van der Waals surface area contributed by atoms with Gasteiger partial charge in [0.15, 0.2) is 0 Å². The largest absolute Gasteiger partial charge is 0.330 e. The van der Waals surface area contributed by atoms with Crippen molar-refractivity contribution in [3.63, 3.8) is 0 Å². The van der Waals surface area contributed by atoms with Crippen molar-refractivity contribution in [3.8, 4) is 0 Å². The summed E-state index contributed by atoms with van der Waals surface area (Å²) < 4.78 is 12.7. The third-order valence-electron chi connectivity index (χ3n) is 3.66. The molecule has 2 rings (SSSR count). The van der Waals surface area contributed by atoms with Gasteiger partial charge in [-0.2, -0.15) is 0 Å². The Kier molecular flexibility index (Phi) is 6.25. The molecular weight excluding hydrogens is 267 g/mol. The van der Waals surface area contributed by atoms with Crippen LogP contribution in [0, 0.1) is 17.7 Å². The van der Waals surface area contributed by atoms with Crippen LogP contribution in [0.3, 0.4) is 0 Å². The Bertz CT molecular complexity index is 402. The standard InChI is InChI=1S/C14H19FN2O.ClH/c15-12-5-7-13(8-6-12)17-14(18)11-3-1-10(9-16)2-4-11;/h5-8,10-11H,1-4,9,16H2,(H,17,18);1H. The molecule has 1 aliphatic rings. The minimum Gasteiger partial charge on any atom is -0.330 e. The van der Waals surface area contributed by atoms with Gasteiger partial charge in [-0.05, 0) is 62.4 Å². The summed E-state index contributed by atoms with van der Waals surface area (Å²) in [5.41, 5.74) is 6.28. The molecule has 1 saturated carbocycles. The molecule has 0 atom stereocenters. The van der Waals surface area contributed by atoms with Crippen molar-refractivity contribution in [2.24, 2.45) is 17.6 Å². The van der Waals surface area contributed by atoms with E-state index in [0.717, 1.165) is 25.7 Å². The second kappa shape index (κ2) is 7.46. The van der Waals surface area contributed by atoms with E-state index < -0.39 is 0 Å². The Balaban J connectivity index is 0.00000180. The highest BCUT2D eigenvalue weighted by atomic mass is 35.5. The smallest absolute Gasteiger partial charge is 0.227 e. The Labute approximate surface area is 119 Å². The molecule has 1 aliphatic carbocycles. The highest BCUT2D eigenvalue weighted by Crippen LogP contribution is 2.28. The summed E-state index contributed by atoms with van der Waals surface area (Å²) in [5.74, 6) is 0.381. The van der Waals surface area contributed by atoms with Crippen molar-refractivity contribution >= 4 is 24.0 Å². The maximum Gasteiger partial charge on any atom is 0.227 e. The molecule has 106 valence electrons. The lowest BCUT2D eigenvalue weighted by atomic mass is 9.81. The first-order valence-electron chi connectivity index (χ1n) is 6.45. The lowest BCUT2D eigenvalue weighted by Gasteiger charge is -2.26. The number of carbonyl (C=O) groups excluding carboxylic acids is 1. The zero-order valence-corrected chi connectivity index (χ0v) is 11.6. The van der Waals surface area contributed by atoms with E-state index in [2.05, 4.69) is 5.32 Å². The van der Waals surface area contributed by atoms with Gasteiger partial charge in [0.25, 0.3) is 0 Å². The van der Waals surface area contributed by atoms with E-state index >= 15 is 0 Å². The van der Waals surface area contributed by atoms with Crippen LogP contribution in [-0.4, -0.2) is 12.5 Å². The minimum atomic E-state index is -0.295. The third kappa shape index (κ3) is 4.48. The first-order chi connectivity index (χ1) is 8.69. The molecular formula is C14H20ClFN2O. The van der Waals surface area contributed by atoms with E-state index in [-0.39, 0.29) is 30.0 Å². The van der Waals surface area contributed by atoms with Gasteiger partial charge in [-0.3, -0.25) is 4.79 Å². The van der Waals surface area contributed by atoms with Gasteiger partial charge in [-0.15, -0.1) is 12.4 Å². The molecule has 0 bridgehead atoms. The number of hydrogen-bond acceptors (Lipinski definition) is 2. The van der Waals surface area contributed by atoms with Crippen molar-refractivity contribution < 1.29 is 9.18 Å². The highest BCUT2D eigenvalue weighted by molar-refractivity contribution is 5.92. The molecule has 0 radical (unpaired) electrons.